The number of hydrogen-bond acceptors (Lipinski definition) is 8. The molecule has 1 aromatic carbocycles. The number of thiophene rings is 1. The summed E-state index contributed by atoms with van der Waals surface area (Å²) in [5.41, 5.74) is 11.6. The van der Waals surface area contributed by atoms with Crippen molar-refractivity contribution < 1.29 is 14.4 Å². The minimum Gasteiger partial charge on any atom is -0.491 e. The molecule has 1 atom stereocenters. The average Bonchev–Trinajstić information content (AvgIpc) is 3.39. The fourth-order valence-corrected chi connectivity index (χ4v) is 7.69. The number of aryl methyl sites for hydroxylation is 1. The van der Waals surface area contributed by atoms with Crippen LogP contribution in [0.2, 0.25) is 0 Å². The molecule has 0 spiro atoms. The zero-order chi connectivity index (χ0) is 24.8. The van der Waals surface area contributed by atoms with Crippen LogP contribution in [0.25, 0.3) is 43.6 Å². The van der Waals surface area contributed by atoms with Crippen molar-refractivity contribution in [1.82, 2.24) is 19.7 Å². The van der Waals surface area contributed by atoms with Gasteiger partial charge in [0.15, 0.2) is 22.1 Å². The number of anilines is 1. The molecule has 0 aliphatic heterocycles. The molecule has 4 heterocycles. The van der Waals surface area contributed by atoms with Crippen LogP contribution in [0.3, 0.4) is 0 Å². The number of nitrogen functional groups attached to an aromatic ring is 1. The fraction of sp³-hybridized carbons (Fsp3) is 0.269. The summed E-state index contributed by atoms with van der Waals surface area (Å²) in [6.45, 7) is 0.206. The van der Waals surface area contributed by atoms with Crippen molar-refractivity contribution in [3.8, 4) is 28.1 Å². The highest BCUT2D eigenvalue weighted by Gasteiger charge is 2.41. The Balaban J connectivity index is 1.51. The van der Waals surface area contributed by atoms with Gasteiger partial charge in [-0.3, -0.25) is 4.68 Å². The predicted molar refractivity (Wildman–Crippen MR) is 145 cm³/mol. The van der Waals surface area contributed by atoms with Gasteiger partial charge in [-0.2, -0.15) is 9.65 Å². The van der Waals surface area contributed by atoms with Gasteiger partial charge in [-0.1, -0.05) is 23.5 Å². The minimum absolute atomic E-state index is 0.0380. The summed E-state index contributed by atoms with van der Waals surface area (Å²) in [6, 6.07) is 11.8. The highest BCUT2D eigenvalue weighted by atomic mass is 32.2. The molecule has 4 N–H and O–H groups in total. The van der Waals surface area contributed by atoms with Gasteiger partial charge in [-0.15, -0.1) is 0 Å². The van der Waals surface area contributed by atoms with E-state index < -0.39 is 11.2 Å². The number of hydrogen-bond donors (Lipinski definition) is 3. The monoisotopic (exact) mass is 520 g/mol. The van der Waals surface area contributed by atoms with Crippen molar-refractivity contribution in [3.05, 3.63) is 48.8 Å². The molecule has 1 fully saturated rings. The number of rotatable bonds is 7. The second-order valence-electron chi connectivity index (χ2n) is 8.94. The first-order valence-electron chi connectivity index (χ1n) is 11.8. The van der Waals surface area contributed by atoms with E-state index in [-0.39, 0.29) is 18.5 Å². The lowest BCUT2D eigenvalue weighted by Crippen LogP contribution is -2.28. The minimum atomic E-state index is -0.888. The molecule has 1 aliphatic carbocycles. The van der Waals surface area contributed by atoms with Crippen molar-refractivity contribution in [2.24, 2.45) is 7.05 Å². The van der Waals surface area contributed by atoms with Crippen LogP contribution in [-0.2, 0) is 18.2 Å². The maximum Gasteiger partial charge on any atom is 0.269 e. The molecule has 1 saturated carbocycles. The Labute approximate surface area is 214 Å². The second-order valence-corrected chi connectivity index (χ2v) is 11.9. The number of aliphatic hydroxyl groups is 1. The van der Waals surface area contributed by atoms with E-state index in [1.165, 1.54) is 11.3 Å². The van der Waals surface area contributed by atoms with Crippen LogP contribution in [0.1, 0.15) is 19.3 Å². The van der Waals surface area contributed by atoms with E-state index in [1.807, 2.05) is 49.6 Å². The molecule has 0 radical (unpaired) electrons. The standard InChI is InChI=1S/C26H26N5O3S2/c1-31-14-17-11-16(13-28-24(17)30-31)21-12-20(15-5-7-18(8-6-15)34-10-9-32)22-23(27)26(35-25(22)29-21)36(33)19-3-2-4-19/h5-8,11-14,19,32-33H,2-4,9-10,27H2,1H3/q+1. The summed E-state index contributed by atoms with van der Waals surface area (Å²) in [4.78, 5) is 10.3. The van der Waals surface area contributed by atoms with E-state index in [9.17, 15) is 4.55 Å². The van der Waals surface area contributed by atoms with E-state index in [1.54, 1.807) is 10.9 Å². The van der Waals surface area contributed by atoms with Gasteiger partial charge < -0.3 is 15.6 Å². The van der Waals surface area contributed by atoms with Gasteiger partial charge in [0.1, 0.15) is 22.9 Å². The number of nitrogens with two attached hydrogens (primary N) is 1. The Morgan fingerprint density at radius 2 is 2.00 bits per heavy atom. The Bertz CT molecular complexity index is 1560. The van der Waals surface area contributed by atoms with E-state index in [0.29, 0.717) is 17.1 Å². The van der Waals surface area contributed by atoms with Gasteiger partial charge in [0, 0.05) is 35.8 Å². The molecule has 1 aliphatic rings. The molecule has 0 saturated heterocycles. The quantitative estimate of drug-likeness (QED) is 0.262. The molecule has 5 aromatic rings. The van der Waals surface area contributed by atoms with Gasteiger partial charge in [0.25, 0.3) is 4.21 Å². The first-order valence-corrected chi connectivity index (χ1v) is 13.9. The predicted octanol–water partition coefficient (Wildman–Crippen LogP) is 4.87. The average molecular weight is 521 g/mol. The van der Waals surface area contributed by atoms with Crippen LogP contribution >= 0.6 is 11.3 Å². The topological polar surface area (TPSA) is 119 Å². The molecule has 4 aromatic heterocycles. The Kier molecular flexibility index (Phi) is 6.04. The molecule has 0 amide bonds. The molecular weight excluding hydrogens is 494 g/mol. The van der Waals surface area contributed by atoms with Crippen molar-refractivity contribution in [2.45, 2.75) is 28.7 Å². The van der Waals surface area contributed by atoms with E-state index in [0.717, 1.165) is 61.5 Å². The first-order chi connectivity index (χ1) is 17.5. The summed E-state index contributed by atoms with van der Waals surface area (Å²) < 4.78 is 19.2. The Morgan fingerprint density at radius 1 is 1.19 bits per heavy atom. The second kappa shape index (κ2) is 9.36. The number of pyridine rings is 2. The summed E-state index contributed by atoms with van der Waals surface area (Å²) >= 11 is 0.598. The van der Waals surface area contributed by atoms with Gasteiger partial charge in [0.2, 0.25) is 0 Å². The van der Waals surface area contributed by atoms with Gasteiger partial charge >= 0.3 is 0 Å². The fourth-order valence-electron chi connectivity index (χ4n) is 4.44. The molecular formula is C26H26N5O3S2+. The van der Waals surface area contributed by atoms with Crippen LogP contribution in [0.4, 0.5) is 5.69 Å². The third-order valence-electron chi connectivity index (χ3n) is 6.52. The molecule has 36 heavy (non-hydrogen) atoms. The molecule has 184 valence electrons. The molecule has 1 unspecified atom stereocenters. The summed E-state index contributed by atoms with van der Waals surface area (Å²) in [5.74, 6) is 0.686. The van der Waals surface area contributed by atoms with Crippen LogP contribution in [0, 0.1) is 0 Å². The first kappa shape index (κ1) is 23.2. The van der Waals surface area contributed by atoms with Crippen molar-refractivity contribution >= 4 is 49.5 Å². The van der Waals surface area contributed by atoms with Gasteiger partial charge in [-0.25, -0.2) is 9.97 Å². The van der Waals surface area contributed by atoms with E-state index in [2.05, 4.69) is 10.1 Å². The Hall–Kier alpha value is -3.18. The lowest BCUT2D eigenvalue weighted by Gasteiger charge is -2.19. The number of fused-ring (bicyclic) bond motifs is 2. The summed E-state index contributed by atoms with van der Waals surface area (Å²) in [5, 5.41) is 15.5. The molecule has 10 heteroatoms. The maximum absolute atomic E-state index is 11.1. The van der Waals surface area contributed by atoms with E-state index >= 15 is 0 Å². The lowest BCUT2D eigenvalue weighted by atomic mass is 10.00. The SMILES string of the molecule is Cn1cc2cc(-c3cc(-c4ccc(OCCO)cc4)c4c(N)c([S+](O)C5CCC5)sc4n3)cnc2n1. The van der Waals surface area contributed by atoms with Crippen LogP contribution in [0.5, 0.6) is 5.75 Å². The number of nitrogens with zero attached hydrogens (tertiary/aromatic N) is 4. The van der Waals surface area contributed by atoms with Crippen LogP contribution < -0.4 is 10.5 Å². The van der Waals surface area contributed by atoms with Gasteiger partial charge in [-0.05, 0) is 54.7 Å². The highest BCUT2D eigenvalue weighted by Crippen LogP contribution is 2.46. The number of ether oxygens (including phenoxy) is 1. The number of benzene rings is 1. The van der Waals surface area contributed by atoms with Crippen molar-refractivity contribution in [1.29, 1.82) is 0 Å². The highest BCUT2D eigenvalue weighted by molar-refractivity contribution is 7.94. The third-order valence-corrected chi connectivity index (χ3v) is 9.88. The van der Waals surface area contributed by atoms with Gasteiger partial charge in [0.05, 0.1) is 12.3 Å². The number of aliphatic hydroxyl groups excluding tert-OH is 1. The normalized spacial score (nSPS) is 14.9. The van der Waals surface area contributed by atoms with Crippen molar-refractivity contribution in [2.75, 3.05) is 18.9 Å². The Morgan fingerprint density at radius 3 is 2.72 bits per heavy atom. The molecule has 0 bridgehead atoms. The maximum atomic E-state index is 11.1. The smallest absolute Gasteiger partial charge is 0.269 e. The molecule has 6 rings (SSSR count). The van der Waals surface area contributed by atoms with Crippen molar-refractivity contribution in [3.63, 3.8) is 0 Å². The van der Waals surface area contributed by atoms with Crippen LogP contribution in [0.15, 0.2) is 53.0 Å². The zero-order valence-electron chi connectivity index (χ0n) is 19.7. The molecule has 8 nitrogen and oxygen atoms in total. The van der Waals surface area contributed by atoms with Crippen LogP contribution in [-0.4, -0.2) is 47.9 Å². The third kappa shape index (κ3) is 4.09. The summed E-state index contributed by atoms with van der Waals surface area (Å²) in [6.07, 6.45) is 6.95. The number of aromatic nitrogens is 4. The lowest BCUT2D eigenvalue weighted by molar-refractivity contribution is 0.201. The largest absolute Gasteiger partial charge is 0.491 e. The van der Waals surface area contributed by atoms with E-state index in [4.69, 9.17) is 20.6 Å². The summed E-state index contributed by atoms with van der Waals surface area (Å²) in [7, 11) is 1.88. The zero-order valence-corrected chi connectivity index (χ0v) is 21.4.